The summed E-state index contributed by atoms with van der Waals surface area (Å²) in [6, 6.07) is 0. The maximum atomic E-state index is 12.6. The van der Waals surface area contributed by atoms with Crippen molar-refractivity contribution in [1.82, 2.24) is 0 Å². The van der Waals surface area contributed by atoms with Crippen LogP contribution in [0.4, 0.5) is 0 Å². The Morgan fingerprint density at radius 1 is 0.589 bits per heavy atom. The number of quaternary nitrogens is 1. The summed E-state index contributed by atoms with van der Waals surface area (Å²) in [5.74, 6) is -1.05. The summed E-state index contributed by atoms with van der Waals surface area (Å²) in [5, 5.41) is 0. The molecule has 0 aromatic heterocycles. The Morgan fingerprint density at radius 3 is 1.52 bits per heavy atom. The van der Waals surface area contributed by atoms with Gasteiger partial charge in [0.15, 0.2) is 6.10 Å². The summed E-state index contributed by atoms with van der Waals surface area (Å²) in [7, 11) is 1.42. The second-order valence-corrected chi connectivity index (χ2v) is 18.0. The van der Waals surface area contributed by atoms with E-state index in [0.717, 1.165) is 44.9 Å². The van der Waals surface area contributed by atoms with Crippen LogP contribution < -0.4 is 0 Å². The minimum atomic E-state index is -4.40. The third kappa shape index (κ3) is 41.9. The first-order valence-corrected chi connectivity index (χ1v) is 24.3. The lowest BCUT2D eigenvalue weighted by Gasteiger charge is -2.24. The van der Waals surface area contributed by atoms with Crippen molar-refractivity contribution in [3.8, 4) is 0 Å². The third-order valence-electron chi connectivity index (χ3n) is 9.75. The highest BCUT2D eigenvalue weighted by Gasteiger charge is 2.26. The fraction of sp³-hybridized carbons (Fsp3) is 0.826. The number of carbonyl (C=O) groups excluding carboxylic acids is 2. The smallest absolute Gasteiger partial charge is 0.462 e. The Hall–Kier alpha value is -1.77. The van der Waals surface area contributed by atoms with Crippen molar-refractivity contribution < 1.29 is 42.1 Å². The van der Waals surface area contributed by atoms with Crippen LogP contribution in [0.15, 0.2) is 36.5 Å². The van der Waals surface area contributed by atoms with E-state index in [2.05, 4.69) is 26.0 Å². The first kappa shape index (κ1) is 54.2. The number of nitrogens with zero attached hydrogens (tertiary/aromatic N) is 1. The molecule has 0 aromatic rings. The quantitative estimate of drug-likeness (QED) is 0.0124. The number of unbranched alkanes of at least 4 members (excludes halogenated alkanes) is 24. The van der Waals surface area contributed by atoms with Crippen LogP contribution in [0.3, 0.4) is 0 Å². The first-order valence-electron chi connectivity index (χ1n) is 22.8. The zero-order chi connectivity index (χ0) is 41.4. The summed E-state index contributed by atoms with van der Waals surface area (Å²) in [6.45, 7) is 4.30. The van der Waals surface area contributed by atoms with E-state index < -0.39 is 32.5 Å². The molecule has 0 bridgehead atoms. The normalized spacial score (nSPS) is 13.9. The van der Waals surface area contributed by atoms with E-state index in [1.54, 1.807) is 6.08 Å². The van der Waals surface area contributed by atoms with Crippen molar-refractivity contribution in [2.24, 2.45) is 0 Å². The van der Waals surface area contributed by atoms with Gasteiger partial charge in [-0.25, -0.2) is 9.36 Å². The molecule has 9 nitrogen and oxygen atoms in total. The van der Waals surface area contributed by atoms with Crippen LogP contribution in [-0.2, 0) is 32.7 Å². The molecule has 1 unspecified atom stereocenters. The SMILES string of the molecule is CCCCCCCC/C=C/CCCCCCCCCC(=O)OC[C@H](COP(=O)(O)OCC[N+](C)(C)C)OC(=O)/C=C/C=C/CCCCCCCCCCCCC. The molecule has 0 aliphatic heterocycles. The molecule has 0 radical (unpaired) electrons. The molecule has 0 saturated heterocycles. The van der Waals surface area contributed by atoms with Gasteiger partial charge in [-0.15, -0.1) is 0 Å². The van der Waals surface area contributed by atoms with Crippen LogP contribution in [0.2, 0.25) is 0 Å². The Kier molecular flexibility index (Phi) is 37.5. The molecule has 0 rings (SSSR count). The van der Waals surface area contributed by atoms with Gasteiger partial charge in [-0.05, 0) is 44.9 Å². The number of phosphoric acid groups is 1. The van der Waals surface area contributed by atoms with E-state index in [-0.39, 0.29) is 19.6 Å². The van der Waals surface area contributed by atoms with E-state index in [4.69, 9.17) is 18.5 Å². The van der Waals surface area contributed by atoms with Gasteiger partial charge in [-0.1, -0.05) is 173 Å². The number of likely N-dealkylation sites (N-methyl/N-ethyl adjacent to an activating group) is 1. The van der Waals surface area contributed by atoms with Crippen LogP contribution in [0.5, 0.6) is 0 Å². The fourth-order valence-electron chi connectivity index (χ4n) is 6.15. The van der Waals surface area contributed by atoms with Crippen molar-refractivity contribution in [3.05, 3.63) is 36.5 Å². The standard InChI is InChI=1S/C46H86NO8P/c1-6-8-10-12-14-16-18-20-22-23-25-26-28-30-32-34-36-38-45(48)52-42-44(43-54-56(50,51)53-41-40-47(3,4)5)55-46(49)39-37-35-33-31-29-27-24-21-19-17-15-13-11-9-7-2/h20,22,33,35,37,39,44H,6-19,21,23-32,34,36,38,40-43H2,1-5H3/p+1/b22-20+,35-33+,39-37+/t44-/m1/s1. The predicted octanol–water partition coefficient (Wildman–Crippen LogP) is 12.9. The molecule has 328 valence electrons. The molecule has 56 heavy (non-hydrogen) atoms. The summed E-state index contributed by atoms with van der Waals surface area (Å²) in [6.07, 6.45) is 44.0. The van der Waals surface area contributed by atoms with Gasteiger partial charge in [0.2, 0.25) is 0 Å². The van der Waals surface area contributed by atoms with Gasteiger partial charge >= 0.3 is 19.8 Å². The van der Waals surface area contributed by atoms with Crippen LogP contribution in [0.1, 0.15) is 194 Å². The Labute approximate surface area is 344 Å². The van der Waals surface area contributed by atoms with Crippen molar-refractivity contribution in [1.29, 1.82) is 0 Å². The maximum Gasteiger partial charge on any atom is 0.472 e. The van der Waals surface area contributed by atoms with Gasteiger partial charge in [0, 0.05) is 12.5 Å². The van der Waals surface area contributed by atoms with E-state index >= 15 is 0 Å². The largest absolute Gasteiger partial charge is 0.472 e. The number of ether oxygens (including phenoxy) is 2. The van der Waals surface area contributed by atoms with Crippen LogP contribution in [0, 0.1) is 0 Å². The number of rotatable bonds is 41. The number of allylic oxidation sites excluding steroid dienone is 5. The number of phosphoric ester groups is 1. The molecule has 0 fully saturated rings. The number of esters is 2. The Bertz CT molecular complexity index is 1050. The summed E-state index contributed by atoms with van der Waals surface area (Å²) in [5.41, 5.74) is 0. The van der Waals surface area contributed by atoms with Gasteiger partial charge in [-0.3, -0.25) is 13.8 Å². The predicted molar refractivity (Wildman–Crippen MR) is 234 cm³/mol. The minimum Gasteiger partial charge on any atom is -0.462 e. The molecule has 1 N–H and O–H groups in total. The molecule has 0 saturated carbocycles. The number of hydrogen-bond acceptors (Lipinski definition) is 7. The molecular formula is C46H87NO8P+. The molecule has 0 heterocycles. The molecule has 0 aliphatic rings. The van der Waals surface area contributed by atoms with Crippen molar-refractivity contribution in [2.75, 3.05) is 47.5 Å². The average Bonchev–Trinajstić information content (AvgIpc) is 3.15. The van der Waals surface area contributed by atoms with E-state index in [0.29, 0.717) is 11.0 Å². The number of hydrogen-bond donors (Lipinski definition) is 1. The second kappa shape index (κ2) is 38.7. The fourth-order valence-corrected chi connectivity index (χ4v) is 6.89. The van der Waals surface area contributed by atoms with Crippen molar-refractivity contribution >= 4 is 19.8 Å². The maximum absolute atomic E-state index is 12.6. The first-order chi connectivity index (χ1) is 27.0. The third-order valence-corrected chi connectivity index (χ3v) is 10.7. The summed E-state index contributed by atoms with van der Waals surface area (Å²) in [4.78, 5) is 35.2. The van der Waals surface area contributed by atoms with E-state index in [9.17, 15) is 19.0 Å². The van der Waals surface area contributed by atoms with Crippen LogP contribution in [-0.4, -0.2) is 74.9 Å². The molecule has 0 amide bonds. The van der Waals surface area contributed by atoms with Crippen LogP contribution in [0.25, 0.3) is 0 Å². The lowest BCUT2D eigenvalue weighted by Crippen LogP contribution is -2.37. The van der Waals surface area contributed by atoms with Gasteiger partial charge in [0.25, 0.3) is 0 Å². The van der Waals surface area contributed by atoms with Gasteiger partial charge in [-0.2, -0.15) is 0 Å². The van der Waals surface area contributed by atoms with Gasteiger partial charge in [0.1, 0.15) is 19.8 Å². The topological polar surface area (TPSA) is 108 Å². The second-order valence-electron chi connectivity index (χ2n) is 16.5. The van der Waals surface area contributed by atoms with Gasteiger partial charge in [0.05, 0.1) is 27.7 Å². The highest BCUT2D eigenvalue weighted by atomic mass is 31.2. The summed E-state index contributed by atoms with van der Waals surface area (Å²) < 4.78 is 34.1. The average molecular weight is 813 g/mol. The van der Waals surface area contributed by atoms with E-state index in [1.807, 2.05) is 33.3 Å². The molecular weight excluding hydrogens is 725 g/mol. The van der Waals surface area contributed by atoms with E-state index in [1.165, 1.54) is 134 Å². The van der Waals surface area contributed by atoms with Crippen LogP contribution >= 0.6 is 7.82 Å². The molecule has 0 aromatic carbocycles. The zero-order valence-corrected chi connectivity index (χ0v) is 37.8. The van der Waals surface area contributed by atoms with Crippen molar-refractivity contribution in [3.63, 3.8) is 0 Å². The molecule has 0 spiro atoms. The number of carbonyl (C=O) groups is 2. The Morgan fingerprint density at radius 2 is 1.04 bits per heavy atom. The monoisotopic (exact) mass is 813 g/mol. The lowest BCUT2D eigenvalue weighted by molar-refractivity contribution is -0.870. The highest BCUT2D eigenvalue weighted by molar-refractivity contribution is 7.47. The van der Waals surface area contributed by atoms with Gasteiger partial charge < -0.3 is 18.9 Å². The Balaban J connectivity index is 4.43. The zero-order valence-electron chi connectivity index (χ0n) is 36.9. The lowest BCUT2D eigenvalue weighted by atomic mass is 10.1. The highest BCUT2D eigenvalue weighted by Crippen LogP contribution is 2.43. The molecule has 0 aliphatic carbocycles. The van der Waals surface area contributed by atoms with Crippen molar-refractivity contribution in [2.45, 2.75) is 200 Å². The molecule has 10 heteroatoms. The molecule has 2 atom stereocenters. The minimum absolute atomic E-state index is 0.0156. The summed E-state index contributed by atoms with van der Waals surface area (Å²) >= 11 is 0.